The first-order valence-electron chi connectivity index (χ1n) is 6.48. The lowest BCUT2D eigenvalue weighted by Gasteiger charge is -2.32. The summed E-state index contributed by atoms with van der Waals surface area (Å²) in [7, 11) is 0. The van der Waals surface area contributed by atoms with Gasteiger partial charge in [0.05, 0.1) is 0 Å². The van der Waals surface area contributed by atoms with Crippen molar-refractivity contribution in [3.05, 3.63) is 29.0 Å². The fourth-order valence-corrected chi connectivity index (χ4v) is 2.66. The first kappa shape index (κ1) is 13.3. The van der Waals surface area contributed by atoms with Crippen LogP contribution in [0.3, 0.4) is 0 Å². The highest BCUT2D eigenvalue weighted by Gasteiger charge is 2.25. The molecule has 18 heavy (non-hydrogen) atoms. The maximum Gasteiger partial charge on any atom is 0.251 e. The molecule has 4 heteroatoms. The molecule has 1 N–H and O–H groups in total. The van der Waals surface area contributed by atoms with Gasteiger partial charge in [-0.2, -0.15) is 0 Å². The Labute approximate surface area is 113 Å². The highest BCUT2D eigenvalue weighted by atomic mass is 35.5. The highest BCUT2D eigenvalue weighted by Crippen LogP contribution is 2.29. The molecule has 0 radical (unpaired) electrons. The summed E-state index contributed by atoms with van der Waals surface area (Å²) >= 11 is 5.78. The maximum absolute atomic E-state index is 12.1. The molecule has 1 aromatic heterocycles. The van der Waals surface area contributed by atoms with E-state index < -0.39 is 0 Å². The van der Waals surface area contributed by atoms with E-state index in [4.69, 9.17) is 11.6 Å². The molecule has 0 aromatic carbocycles. The number of nitrogens with one attached hydrogen (secondary N) is 1. The number of halogens is 1. The molecule has 0 spiro atoms. The molecule has 1 heterocycles. The number of amides is 1. The molecule has 3 atom stereocenters. The molecule has 1 aliphatic rings. The summed E-state index contributed by atoms with van der Waals surface area (Å²) in [6.45, 7) is 4.54. The summed E-state index contributed by atoms with van der Waals surface area (Å²) in [6, 6.07) is 3.58. The zero-order valence-corrected chi connectivity index (χ0v) is 11.6. The maximum atomic E-state index is 12.1. The number of rotatable bonds is 2. The van der Waals surface area contributed by atoms with Gasteiger partial charge in [0.15, 0.2) is 0 Å². The van der Waals surface area contributed by atoms with Crippen LogP contribution in [0.25, 0.3) is 0 Å². The molecular formula is C14H19ClN2O. The van der Waals surface area contributed by atoms with Gasteiger partial charge < -0.3 is 5.32 Å². The van der Waals surface area contributed by atoms with Crippen molar-refractivity contribution in [3.8, 4) is 0 Å². The zero-order chi connectivity index (χ0) is 13.1. The minimum absolute atomic E-state index is 0.0500. The standard InChI is InChI=1S/C14H19ClN2O/c1-9-3-4-12(7-10(9)2)17-14(18)11-5-6-16-13(15)8-11/h5-6,8-10,12H,3-4,7H2,1-2H3,(H,17,18). The number of carbonyl (C=O) groups excluding carboxylic acids is 1. The Morgan fingerprint density at radius 3 is 2.83 bits per heavy atom. The Bertz CT molecular complexity index is 436. The Hall–Kier alpha value is -1.09. The second kappa shape index (κ2) is 5.70. The lowest BCUT2D eigenvalue weighted by Crippen LogP contribution is -2.39. The van der Waals surface area contributed by atoms with Crippen molar-refractivity contribution in [1.29, 1.82) is 0 Å². The molecule has 3 nitrogen and oxygen atoms in total. The zero-order valence-electron chi connectivity index (χ0n) is 10.8. The minimum Gasteiger partial charge on any atom is -0.349 e. The van der Waals surface area contributed by atoms with E-state index in [0.29, 0.717) is 16.6 Å². The van der Waals surface area contributed by atoms with E-state index in [1.165, 1.54) is 6.42 Å². The largest absolute Gasteiger partial charge is 0.349 e. The van der Waals surface area contributed by atoms with Gasteiger partial charge in [0, 0.05) is 17.8 Å². The van der Waals surface area contributed by atoms with Gasteiger partial charge in [0.2, 0.25) is 0 Å². The van der Waals surface area contributed by atoms with Crippen molar-refractivity contribution < 1.29 is 4.79 Å². The first-order chi connectivity index (χ1) is 8.56. The van der Waals surface area contributed by atoms with Crippen molar-refractivity contribution in [3.63, 3.8) is 0 Å². The van der Waals surface area contributed by atoms with Crippen molar-refractivity contribution >= 4 is 17.5 Å². The molecule has 1 amide bonds. The van der Waals surface area contributed by atoms with Crippen LogP contribution in [0.4, 0.5) is 0 Å². The van der Waals surface area contributed by atoms with Crippen LogP contribution < -0.4 is 5.32 Å². The molecule has 0 bridgehead atoms. The predicted molar refractivity (Wildman–Crippen MR) is 72.7 cm³/mol. The number of pyridine rings is 1. The van der Waals surface area contributed by atoms with Crippen LogP contribution in [0.2, 0.25) is 5.15 Å². The lowest BCUT2D eigenvalue weighted by molar-refractivity contribution is 0.0910. The lowest BCUT2D eigenvalue weighted by atomic mass is 9.79. The summed E-state index contributed by atoms with van der Waals surface area (Å²) in [5.74, 6) is 1.38. The van der Waals surface area contributed by atoms with Gasteiger partial charge in [-0.25, -0.2) is 4.98 Å². The number of nitrogens with zero attached hydrogens (tertiary/aromatic N) is 1. The summed E-state index contributed by atoms with van der Waals surface area (Å²) in [5.41, 5.74) is 0.585. The highest BCUT2D eigenvalue weighted by molar-refractivity contribution is 6.29. The number of carbonyl (C=O) groups is 1. The molecule has 1 fully saturated rings. The third-order valence-corrected chi connectivity index (χ3v) is 4.13. The molecule has 1 saturated carbocycles. The van der Waals surface area contributed by atoms with E-state index in [1.54, 1.807) is 18.3 Å². The van der Waals surface area contributed by atoms with Gasteiger partial charge in [-0.1, -0.05) is 25.4 Å². The molecule has 1 aromatic rings. The summed E-state index contributed by atoms with van der Waals surface area (Å²) in [4.78, 5) is 15.9. The summed E-state index contributed by atoms with van der Waals surface area (Å²) in [6.07, 6.45) is 4.87. The van der Waals surface area contributed by atoms with Crippen molar-refractivity contribution in [2.45, 2.75) is 39.2 Å². The Morgan fingerprint density at radius 1 is 1.39 bits per heavy atom. The van der Waals surface area contributed by atoms with Crippen LogP contribution in [-0.4, -0.2) is 16.9 Å². The number of hydrogen-bond acceptors (Lipinski definition) is 2. The fraction of sp³-hybridized carbons (Fsp3) is 0.571. The molecule has 2 rings (SSSR count). The van der Waals surface area contributed by atoms with E-state index in [2.05, 4.69) is 24.1 Å². The van der Waals surface area contributed by atoms with Crippen molar-refractivity contribution in [1.82, 2.24) is 10.3 Å². The van der Waals surface area contributed by atoms with Crippen LogP contribution in [0.1, 0.15) is 43.5 Å². The quantitative estimate of drug-likeness (QED) is 0.835. The Balaban J connectivity index is 1.96. The summed E-state index contributed by atoms with van der Waals surface area (Å²) in [5, 5.41) is 3.44. The number of aromatic nitrogens is 1. The first-order valence-corrected chi connectivity index (χ1v) is 6.86. The molecular weight excluding hydrogens is 248 g/mol. The SMILES string of the molecule is CC1CCC(NC(=O)c2ccnc(Cl)c2)CC1C. The Morgan fingerprint density at radius 2 is 2.17 bits per heavy atom. The van der Waals surface area contributed by atoms with Crippen LogP contribution in [-0.2, 0) is 0 Å². The van der Waals surface area contributed by atoms with E-state index in [-0.39, 0.29) is 11.9 Å². The van der Waals surface area contributed by atoms with Crippen LogP contribution >= 0.6 is 11.6 Å². The second-order valence-corrected chi connectivity index (χ2v) is 5.69. The molecule has 3 unspecified atom stereocenters. The van der Waals surface area contributed by atoms with E-state index in [9.17, 15) is 4.79 Å². The van der Waals surface area contributed by atoms with Crippen LogP contribution in [0, 0.1) is 11.8 Å². The van der Waals surface area contributed by atoms with E-state index >= 15 is 0 Å². The monoisotopic (exact) mass is 266 g/mol. The van der Waals surface area contributed by atoms with Crippen LogP contribution in [0.15, 0.2) is 18.3 Å². The summed E-state index contributed by atoms with van der Waals surface area (Å²) < 4.78 is 0. The fourth-order valence-electron chi connectivity index (χ4n) is 2.49. The smallest absolute Gasteiger partial charge is 0.251 e. The second-order valence-electron chi connectivity index (χ2n) is 5.31. The van der Waals surface area contributed by atoms with E-state index in [1.807, 2.05) is 0 Å². The van der Waals surface area contributed by atoms with Crippen molar-refractivity contribution in [2.24, 2.45) is 11.8 Å². The van der Waals surface area contributed by atoms with Crippen LogP contribution in [0.5, 0.6) is 0 Å². The van der Waals surface area contributed by atoms with Gasteiger partial charge in [-0.15, -0.1) is 0 Å². The molecule has 98 valence electrons. The third-order valence-electron chi connectivity index (χ3n) is 3.92. The molecule has 1 aliphatic carbocycles. The van der Waals surface area contributed by atoms with Crippen molar-refractivity contribution in [2.75, 3.05) is 0 Å². The minimum atomic E-state index is -0.0500. The predicted octanol–water partition coefficient (Wildman–Crippen LogP) is 3.29. The molecule has 0 aliphatic heterocycles. The average molecular weight is 267 g/mol. The molecule has 0 saturated heterocycles. The van der Waals surface area contributed by atoms with E-state index in [0.717, 1.165) is 18.8 Å². The van der Waals surface area contributed by atoms with Gasteiger partial charge in [0.25, 0.3) is 5.91 Å². The van der Waals surface area contributed by atoms with Gasteiger partial charge in [-0.3, -0.25) is 4.79 Å². The topological polar surface area (TPSA) is 42.0 Å². The van der Waals surface area contributed by atoms with Gasteiger partial charge in [-0.05, 0) is 43.2 Å². The average Bonchev–Trinajstić information content (AvgIpc) is 2.34. The normalized spacial score (nSPS) is 27.8. The number of hydrogen-bond donors (Lipinski definition) is 1. The third kappa shape index (κ3) is 3.22. The Kier molecular flexibility index (Phi) is 4.23. The van der Waals surface area contributed by atoms with Gasteiger partial charge >= 0.3 is 0 Å². The van der Waals surface area contributed by atoms with Gasteiger partial charge in [0.1, 0.15) is 5.15 Å².